The van der Waals surface area contributed by atoms with E-state index in [1.165, 1.54) is 5.69 Å². The molecule has 0 atom stereocenters. The number of anilines is 1. The quantitative estimate of drug-likeness (QED) is 0.859. The van der Waals surface area contributed by atoms with E-state index < -0.39 is 0 Å². The molecule has 0 saturated carbocycles. The molecule has 128 valence electrons. The van der Waals surface area contributed by atoms with Gasteiger partial charge in [-0.05, 0) is 39.3 Å². The number of rotatable bonds is 3. The van der Waals surface area contributed by atoms with Crippen LogP contribution in [0.3, 0.4) is 0 Å². The van der Waals surface area contributed by atoms with Gasteiger partial charge in [-0.2, -0.15) is 0 Å². The zero-order valence-corrected chi connectivity index (χ0v) is 15.4. The fourth-order valence-corrected chi connectivity index (χ4v) is 4.07. The summed E-state index contributed by atoms with van der Waals surface area (Å²) >= 11 is 1.63. The van der Waals surface area contributed by atoms with E-state index in [4.69, 9.17) is 0 Å². The molecule has 0 aliphatic carbocycles. The molecule has 0 spiro atoms. The lowest BCUT2D eigenvalue weighted by atomic mass is 10.2. The Labute approximate surface area is 147 Å². The van der Waals surface area contributed by atoms with E-state index in [0.29, 0.717) is 6.42 Å². The van der Waals surface area contributed by atoms with E-state index >= 15 is 0 Å². The normalized spacial score (nSPS) is 15.5. The van der Waals surface area contributed by atoms with Crippen molar-refractivity contribution in [3.63, 3.8) is 0 Å². The van der Waals surface area contributed by atoms with Crippen molar-refractivity contribution in [2.45, 2.75) is 33.6 Å². The first-order valence-electron chi connectivity index (χ1n) is 8.41. The van der Waals surface area contributed by atoms with E-state index in [1.807, 2.05) is 37.9 Å². The van der Waals surface area contributed by atoms with Crippen molar-refractivity contribution < 1.29 is 4.79 Å². The van der Waals surface area contributed by atoms with Crippen molar-refractivity contribution in [1.29, 1.82) is 0 Å². The van der Waals surface area contributed by atoms with Gasteiger partial charge in [0, 0.05) is 48.6 Å². The van der Waals surface area contributed by atoms with Gasteiger partial charge in [0.1, 0.15) is 0 Å². The average molecular weight is 344 g/mol. The lowest BCUT2D eigenvalue weighted by Crippen LogP contribution is -2.36. The van der Waals surface area contributed by atoms with Crippen molar-refractivity contribution in [3.05, 3.63) is 39.6 Å². The average Bonchev–Trinajstić information content (AvgIpc) is 2.76. The summed E-state index contributed by atoms with van der Waals surface area (Å²) in [7, 11) is 0. The predicted octanol–water partition coefficient (Wildman–Crippen LogP) is 2.74. The third-order valence-corrected chi connectivity index (χ3v) is 5.48. The molecule has 1 amide bonds. The number of carbonyl (C=O) groups excluding carboxylic acids is 1. The number of hydrogen-bond donors (Lipinski definition) is 0. The molecule has 6 heteroatoms. The van der Waals surface area contributed by atoms with Crippen LogP contribution >= 0.6 is 11.3 Å². The smallest absolute Gasteiger partial charge is 0.227 e. The lowest BCUT2D eigenvalue weighted by Gasteiger charge is -2.24. The van der Waals surface area contributed by atoms with Crippen LogP contribution in [0.5, 0.6) is 0 Å². The standard InChI is InChI=1S/C18H24N4OS/c1-13-11-16(5-6-19-13)21-7-4-8-22(10-9-21)18(23)12-17-14(2)20-15(3)24-17/h5-6,11H,4,7-10,12H2,1-3H3. The Morgan fingerprint density at radius 3 is 2.75 bits per heavy atom. The zero-order chi connectivity index (χ0) is 17.1. The first-order chi connectivity index (χ1) is 11.5. The Morgan fingerprint density at radius 1 is 1.21 bits per heavy atom. The summed E-state index contributed by atoms with van der Waals surface area (Å²) in [6.07, 6.45) is 3.33. The second-order valence-electron chi connectivity index (χ2n) is 6.30. The van der Waals surface area contributed by atoms with Crippen LogP contribution in [0.2, 0.25) is 0 Å². The molecular weight excluding hydrogens is 320 g/mol. The molecule has 0 unspecified atom stereocenters. The molecule has 1 saturated heterocycles. The molecule has 1 fully saturated rings. The summed E-state index contributed by atoms with van der Waals surface area (Å²) < 4.78 is 0. The maximum absolute atomic E-state index is 12.7. The Morgan fingerprint density at radius 2 is 2.04 bits per heavy atom. The van der Waals surface area contributed by atoms with Gasteiger partial charge in [-0.1, -0.05) is 0 Å². The summed E-state index contributed by atoms with van der Waals surface area (Å²) in [6, 6.07) is 4.16. The summed E-state index contributed by atoms with van der Waals surface area (Å²) in [6.45, 7) is 9.44. The molecule has 1 aliphatic heterocycles. The molecule has 0 N–H and O–H groups in total. The highest BCUT2D eigenvalue weighted by Gasteiger charge is 2.21. The van der Waals surface area contributed by atoms with Crippen LogP contribution in [0.15, 0.2) is 18.3 Å². The van der Waals surface area contributed by atoms with Gasteiger partial charge >= 0.3 is 0 Å². The summed E-state index contributed by atoms with van der Waals surface area (Å²) in [4.78, 5) is 26.8. The zero-order valence-electron chi connectivity index (χ0n) is 14.6. The first-order valence-corrected chi connectivity index (χ1v) is 9.23. The minimum Gasteiger partial charge on any atom is -0.370 e. The molecule has 3 heterocycles. The Balaban J connectivity index is 1.62. The largest absolute Gasteiger partial charge is 0.370 e. The Bertz CT molecular complexity index is 728. The Kier molecular flexibility index (Phi) is 5.14. The topological polar surface area (TPSA) is 49.3 Å². The number of aromatic nitrogens is 2. The van der Waals surface area contributed by atoms with Crippen LogP contribution in [0.4, 0.5) is 5.69 Å². The van der Waals surface area contributed by atoms with Gasteiger partial charge in [0.25, 0.3) is 0 Å². The monoisotopic (exact) mass is 344 g/mol. The first kappa shape index (κ1) is 16.9. The predicted molar refractivity (Wildman–Crippen MR) is 97.7 cm³/mol. The van der Waals surface area contributed by atoms with Crippen molar-refractivity contribution in [3.8, 4) is 0 Å². The van der Waals surface area contributed by atoms with Crippen molar-refractivity contribution in [2.24, 2.45) is 0 Å². The molecule has 2 aromatic rings. The van der Waals surface area contributed by atoms with Crippen molar-refractivity contribution >= 4 is 22.9 Å². The van der Waals surface area contributed by atoms with Crippen LogP contribution in [0.25, 0.3) is 0 Å². The highest BCUT2D eigenvalue weighted by Crippen LogP contribution is 2.20. The van der Waals surface area contributed by atoms with Crippen LogP contribution in [-0.4, -0.2) is 47.0 Å². The van der Waals surface area contributed by atoms with Crippen LogP contribution in [0.1, 0.15) is 27.7 Å². The molecule has 0 bridgehead atoms. The maximum Gasteiger partial charge on any atom is 0.227 e. The molecule has 2 aromatic heterocycles. The van der Waals surface area contributed by atoms with E-state index in [1.54, 1.807) is 11.3 Å². The van der Waals surface area contributed by atoms with E-state index in [-0.39, 0.29) is 5.91 Å². The molecule has 5 nitrogen and oxygen atoms in total. The van der Waals surface area contributed by atoms with Gasteiger partial charge in [0.15, 0.2) is 0 Å². The minimum absolute atomic E-state index is 0.217. The van der Waals surface area contributed by atoms with Crippen LogP contribution < -0.4 is 4.90 Å². The number of hydrogen-bond acceptors (Lipinski definition) is 5. The number of amides is 1. The van der Waals surface area contributed by atoms with Gasteiger partial charge in [-0.25, -0.2) is 4.98 Å². The molecular formula is C18H24N4OS. The van der Waals surface area contributed by atoms with E-state index in [9.17, 15) is 4.79 Å². The number of carbonyl (C=O) groups is 1. The highest BCUT2D eigenvalue weighted by atomic mass is 32.1. The van der Waals surface area contributed by atoms with E-state index in [2.05, 4.69) is 20.9 Å². The van der Waals surface area contributed by atoms with Crippen molar-refractivity contribution in [2.75, 3.05) is 31.1 Å². The maximum atomic E-state index is 12.7. The summed E-state index contributed by atoms with van der Waals surface area (Å²) in [5.74, 6) is 0.217. The summed E-state index contributed by atoms with van der Waals surface area (Å²) in [5, 5.41) is 1.03. The second kappa shape index (κ2) is 7.30. The lowest BCUT2D eigenvalue weighted by molar-refractivity contribution is -0.130. The third kappa shape index (κ3) is 3.93. The molecule has 0 aromatic carbocycles. The van der Waals surface area contributed by atoms with Gasteiger partial charge in [0.05, 0.1) is 17.1 Å². The summed E-state index contributed by atoms with van der Waals surface area (Å²) in [5.41, 5.74) is 3.22. The fraction of sp³-hybridized carbons (Fsp3) is 0.500. The molecule has 1 aliphatic rings. The second-order valence-corrected chi connectivity index (χ2v) is 7.58. The van der Waals surface area contributed by atoms with Gasteiger partial charge < -0.3 is 9.80 Å². The number of aryl methyl sites for hydroxylation is 3. The number of pyridine rings is 1. The minimum atomic E-state index is 0.217. The van der Waals surface area contributed by atoms with Gasteiger partial charge in [-0.3, -0.25) is 9.78 Å². The van der Waals surface area contributed by atoms with Crippen LogP contribution in [-0.2, 0) is 11.2 Å². The van der Waals surface area contributed by atoms with E-state index in [0.717, 1.165) is 53.9 Å². The van der Waals surface area contributed by atoms with Gasteiger partial charge in [0.2, 0.25) is 5.91 Å². The Hall–Kier alpha value is -1.95. The fourth-order valence-electron chi connectivity index (χ4n) is 3.14. The highest BCUT2D eigenvalue weighted by molar-refractivity contribution is 7.11. The molecule has 0 radical (unpaired) electrons. The SMILES string of the molecule is Cc1cc(N2CCCN(C(=O)Cc3sc(C)nc3C)CC2)ccn1. The molecule has 3 rings (SSSR count). The molecule has 24 heavy (non-hydrogen) atoms. The van der Waals surface area contributed by atoms with Crippen LogP contribution in [0, 0.1) is 20.8 Å². The third-order valence-electron chi connectivity index (χ3n) is 4.41. The number of thiazole rings is 1. The van der Waals surface area contributed by atoms with Crippen molar-refractivity contribution in [1.82, 2.24) is 14.9 Å². The number of nitrogens with zero attached hydrogens (tertiary/aromatic N) is 4. The van der Waals surface area contributed by atoms with Gasteiger partial charge in [-0.15, -0.1) is 11.3 Å².